The molecule has 0 aliphatic carbocycles. The largest absolute Gasteiger partial charge is 0.489 e. The number of rotatable bonds is 9. The average molecular weight is 381 g/mol. The van der Waals surface area contributed by atoms with Gasteiger partial charge in [-0.05, 0) is 32.4 Å². The van der Waals surface area contributed by atoms with E-state index in [-0.39, 0.29) is 11.9 Å². The number of morpholine rings is 1. The summed E-state index contributed by atoms with van der Waals surface area (Å²) in [6.07, 6.45) is 0.750. The second-order valence-electron chi connectivity index (χ2n) is 6.70. The summed E-state index contributed by atoms with van der Waals surface area (Å²) in [5.41, 5.74) is 0. The first-order valence-electron chi connectivity index (χ1n) is 9.88. The molecule has 2 atom stereocenters. The molecule has 1 aromatic carbocycles. The van der Waals surface area contributed by atoms with Gasteiger partial charge in [0.2, 0.25) is 0 Å². The van der Waals surface area contributed by atoms with Gasteiger partial charge in [0, 0.05) is 31.7 Å². The van der Waals surface area contributed by atoms with Crippen LogP contribution in [-0.4, -0.2) is 68.9 Å². The van der Waals surface area contributed by atoms with Crippen molar-refractivity contribution in [3.05, 3.63) is 30.1 Å². The van der Waals surface area contributed by atoms with Gasteiger partial charge in [-0.2, -0.15) is 0 Å². The molecule has 0 amide bonds. The Labute approximate surface area is 162 Å². The second-order valence-corrected chi connectivity index (χ2v) is 6.70. The molecule has 1 aromatic rings. The van der Waals surface area contributed by atoms with Crippen molar-refractivity contribution in [2.45, 2.75) is 39.3 Å². The van der Waals surface area contributed by atoms with Crippen molar-refractivity contribution in [2.24, 2.45) is 4.99 Å². The Morgan fingerprint density at radius 3 is 2.74 bits per heavy atom. The highest BCUT2D eigenvalue weighted by Gasteiger charge is 2.17. The predicted molar refractivity (Wildman–Crippen MR) is 107 cm³/mol. The molecule has 1 saturated heterocycles. The van der Waals surface area contributed by atoms with Crippen molar-refractivity contribution in [1.29, 1.82) is 0 Å². The van der Waals surface area contributed by atoms with E-state index in [2.05, 4.69) is 29.4 Å². The Morgan fingerprint density at radius 2 is 2.07 bits per heavy atom. The van der Waals surface area contributed by atoms with E-state index in [4.69, 9.17) is 14.5 Å². The summed E-state index contributed by atoms with van der Waals surface area (Å²) in [6, 6.07) is 6.62. The predicted octanol–water partition coefficient (Wildman–Crippen LogP) is 2.26. The molecule has 1 heterocycles. The van der Waals surface area contributed by atoms with Gasteiger partial charge >= 0.3 is 0 Å². The standard InChI is InChI=1S/C20H33FN4O2/c1-4-18(27-19-8-6-7-17(21)13-19)15-24-20(22-5-2)23-14-16(3)25-9-11-26-12-10-25/h6-8,13,16,18H,4-5,9-12,14-15H2,1-3H3,(H2,22,23,24). The maximum atomic E-state index is 13.3. The lowest BCUT2D eigenvalue weighted by Gasteiger charge is -2.31. The minimum Gasteiger partial charge on any atom is -0.489 e. The third kappa shape index (κ3) is 7.72. The van der Waals surface area contributed by atoms with Crippen LogP contribution in [0.15, 0.2) is 29.3 Å². The van der Waals surface area contributed by atoms with Crippen LogP contribution in [-0.2, 0) is 4.74 Å². The Bertz CT molecular complexity index is 579. The molecule has 7 heteroatoms. The molecule has 6 nitrogen and oxygen atoms in total. The van der Waals surface area contributed by atoms with E-state index in [1.54, 1.807) is 12.1 Å². The van der Waals surface area contributed by atoms with E-state index in [0.29, 0.717) is 18.3 Å². The first kappa shape index (κ1) is 21.4. The number of nitrogens with zero attached hydrogens (tertiary/aromatic N) is 2. The number of guanidine groups is 1. The van der Waals surface area contributed by atoms with E-state index in [1.807, 2.05) is 6.92 Å². The minimum absolute atomic E-state index is 0.0627. The molecule has 2 N–H and O–H groups in total. The first-order chi connectivity index (χ1) is 13.1. The molecule has 0 aromatic heterocycles. The van der Waals surface area contributed by atoms with Crippen molar-refractivity contribution in [1.82, 2.24) is 15.5 Å². The zero-order valence-electron chi connectivity index (χ0n) is 16.7. The number of hydrogen-bond acceptors (Lipinski definition) is 4. The van der Waals surface area contributed by atoms with Crippen LogP contribution >= 0.6 is 0 Å². The summed E-state index contributed by atoms with van der Waals surface area (Å²) in [5.74, 6) is 1.03. The summed E-state index contributed by atoms with van der Waals surface area (Å²) in [5, 5.41) is 6.62. The maximum absolute atomic E-state index is 13.3. The fourth-order valence-corrected chi connectivity index (χ4v) is 2.91. The van der Waals surface area contributed by atoms with E-state index in [9.17, 15) is 4.39 Å². The number of halogens is 1. The van der Waals surface area contributed by atoms with Crippen LogP contribution in [0, 0.1) is 5.82 Å². The second kappa shape index (κ2) is 11.8. The molecule has 0 spiro atoms. The Hall–Kier alpha value is -1.86. The Morgan fingerprint density at radius 1 is 1.30 bits per heavy atom. The normalized spacial score (nSPS) is 18.0. The fraction of sp³-hybridized carbons (Fsp3) is 0.650. The highest BCUT2D eigenvalue weighted by molar-refractivity contribution is 5.79. The minimum atomic E-state index is -0.290. The van der Waals surface area contributed by atoms with Crippen LogP contribution in [0.1, 0.15) is 27.2 Å². The third-order valence-corrected chi connectivity index (χ3v) is 4.58. The van der Waals surface area contributed by atoms with E-state index < -0.39 is 0 Å². The van der Waals surface area contributed by atoms with E-state index in [0.717, 1.165) is 51.8 Å². The van der Waals surface area contributed by atoms with Gasteiger partial charge in [0.1, 0.15) is 17.7 Å². The van der Waals surface area contributed by atoms with Crippen molar-refractivity contribution >= 4 is 5.96 Å². The molecular formula is C20H33FN4O2. The first-order valence-corrected chi connectivity index (χ1v) is 9.88. The van der Waals surface area contributed by atoms with Gasteiger partial charge in [0.25, 0.3) is 0 Å². The molecule has 0 bridgehead atoms. The average Bonchev–Trinajstić information content (AvgIpc) is 2.69. The van der Waals surface area contributed by atoms with Crippen LogP contribution in [0.5, 0.6) is 5.75 Å². The Kier molecular flexibility index (Phi) is 9.35. The van der Waals surface area contributed by atoms with Gasteiger partial charge in [0.15, 0.2) is 5.96 Å². The number of nitrogens with one attached hydrogen (secondary N) is 2. The highest BCUT2D eigenvalue weighted by atomic mass is 19.1. The summed E-state index contributed by atoms with van der Waals surface area (Å²) in [6.45, 7) is 11.9. The SMILES string of the molecule is CCNC(=NCC(C)N1CCOCC1)NCC(CC)Oc1cccc(F)c1. The number of hydrogen-bond donors (Lipinski definition) is 2. The van der Waals surface area contributed by atoms with Crippen LogP contribution < -0.4 is 15.4 Å². The molecule has 152 valence electrons. The van der Waals surface area contributed by atoms with Crippen molar-refractivity contribution in [3.8, 4) is 5.75 Å². The van der Waals surface area contributed by atoms with E-state index >= 15 is 0 Å². The van der Waals surface area contributed by atoms with Gasteiger partial charge in [0.05, 0.1) is 26.3 Å². The Balaban J connectivity index is 1.85. The molecule has 0 radical (unpaired) electrons. The molecule has 0 saturated carbocycles. The van der Waals surface area contributed by atoms with Gasteiger partial charge in [-0.25, -0.2) is 4.39 Å². The number of ether oxygens (including phenoxy) is 2. The van der Waals surface area contributed by atoms with Crippen molar-refractivity contribution < 1.29 is 13.9 Å². The van der Waals surface area contributed by atoms with Crippen LogP contribution in [0.2, 0.25) is 0 Å². The zero-order chi connectivity index (χ0) is 19.5. The fourth-order valence-electron chi connectivity index (χ4n) is 2.91. The lowest BCUT2D eigenvalue weighted by molar-refractivity contribution is 0.0220. The monoisotopic (exact) mass is 380 g/mol. The third-order valence-electron chi connectivity index (χ3n) is 4.58. The number of benzene rings is 1. The van der Waals surface area contributed by atoms with Crippen LogP contribution in [0.25, 0.3) is 0 Å². The maximum Gasteiger partial charge on any atom is 0.191 e. The van der Waals surface area contributed by atoms with Crippen LogP contribution in [0.4, 0.5) is 4.39 Å². The highest BCUT2D eigenvalue weighted by Crippen LogP contribution is 2.14. The lowest BCUT2D eigenvalue weighted by Crippen LogP contribution is -2.45. The molecule has 2 rings (SSSR count). The molecular weight excluding hydrogens is 347 g/mol. The smallest absolute Gasteiger partial charge is 0.191 e. The van der Waals surface area contributed by atoms with E-state index in [1.165, 1.54) is 12.1 Å². The summed E-state index contributed by atoms with van der Waals surface area (Å²) < 4.78 is 24.6. The quantitative estimate of drug-likeness (QED) is 0.508. The zero-order valence-corrected chi connectivity index (χ0v) is 16.7. The number of aliphatic imine (C=N–C) groups is 1. The molecule has 2 unspecified atom stereocenters. The summed E-state index contributed by atoms with van der Waals surface area (Å²) >= 11 is 0. The molecule has 27 heavy (non-hydrogen) atoms. The van der Waals surface area contributed by atoms with Gasteiger partial charge in [-0.15, -0.1) is 0 Å². The van der Waals surface area contributed by atoms with Crippen molar-refractivity contribution in [2.75, 3.05) is 45.9 Å². The van der Waals surface area contributed by atoms with Gasteiger partial charge in [-0.1, -0.05) is 13.0 Å². The molecule has 1 aliphatic rings. The van der Waals surface area contributed by atoms with Gasteiger partial charge in [-0.3, -0.25) is 9.89 Å². The molecule has 1 aliphatic heterocycles. The van der Waals surface area contributed by atoms with Crippen molar-refractivity contribution in [3.63, 3.8) is 0 Å². The topological polar surface area (TPSA) is 58.1 Å². The molecule has 1 fully saturated rings. The van der Waals surface area contributed by atoms with Crippen LogP contribution in [0.3, 0.4) is 0 Å². The van der Waals surface area contributed by atoms with Gasteiger partial charge < -0.3 is 20.1 Å². The summed E-state index contributed by atoms with van der Waals surface area (Å²) in [4.78, 5) is 7.11. The lowest BCUT2D eigenvalue weighted by atomic mass is 10.2. The summed E-state index contributed by atoms with van der Waals surface area (Å²) in [7, 11) is 0.